The fourth-order valence-corrected chi connectivity index (χ4v) is 4.18. The number of hydrogen-bond acceptors (Lipinski definition) is 6. The number of carbonyl (C=O) groups is 2. The third-order valence-electron chi connectivity index (χ3n) is 5.94. The predicted molar refractivity (Wildman–Crippen MR) is 115 cm³/mol. The van der Waals surface area contributed by atoms with Crippen LogP contribution in [0.2, 0.25) is 0 Å². The van der Waals surface area contributed by atoms with Gasteiger partial charge in [0, 0.05) is 18.7 Å². The minimum atomic E-state index is -1.19. The van der Waals surface area contributed by atoms with Crippen molar-refractivity contribution >= 4 is 11.9 Å². The van der Waals surface area contributed by atoms with Crippen molar-refractivity contribution < 1.29 is 23.8 Å². The molecule has 0 aromatic heterocycles. The molecule has 6 nitrogen and oxygen atoms in total. The van der Waals surface area contributed by atoms with E-state index in [1.165, 1.54) is 0 Å². The highest BCUT2D eigenvalue weighted by Crippen LogP contribution is 2.36. The lowest BCUT2D eigenvalue weighted by Gasteiger charge is -2.48. The molecular formula is C25H27NO5. The standard InChI is InChI=1S/C25H27NO5/c1-18-10-12-20(13-11-18)24(19-7-4-3-5-8-19)29-17-25-21(9-6-16-26(25)2)30-22(27)14-15-23(28)31-25/h3-5,7-8,10-15,21,24H,6,9,16-17H2,1-2H3/b15-14-. The number of benzene rings is 2. The van der Waals surface area contributed by atoms with E-state index < -0.39 is 23.8 Å². The van der Waals surface area contributed by atoms with Crippen LogP contribution in [0.4, 0.5) is 0 Å². The van der Waals surface area contributed by atoms with Crippen LogP contribution in [-0.2, 0) is 23.8 Å². The van der Waals surface area contributed by atoms with Gasteiger partial charge in [0.15, 0.2) is 6.10 Å². The maximum Gasteiger partial charge on any atom is 0.333 e. The van der Waals surface area contributed by atoms with Crippen molar-refractivity contribution in [3.05, 3.63) is 83.4 Å². The second kappa shape index (κ2) is 9.04. The summed E-state index contributed by atoms with van der Waals surface area (Å²) in [4.78, 5) is 26.5. The molecular weight excluding hydrogens is 394 g/mol. The van der Waals surface area contributed by atoms with Gasteiger partial charge in [-0.05, 0) is 37.9 Å². The van der Waals surface area contributed by atoms with Crippen LogP contribution in [0.5, 0.6) is 0 Å². The predicted octanol–water partition coefficient (Wildman–Crippen LogP) is 3.55. The summed E-state index contributed by atoms with van der Waals surface area (Å²) in [5.74, 6) is -1.12. The Bertz CT molecular complexity index is 956. The van der Waals surface area contributed by atoms with Crippen molar-refractivity contribution in [2.75, 3.05) is 20.2 Å². The number of carbonyl (C=O) groups excluding carboxylic acids is 2. The van der Waals surface area contributed by atoms with Gasteiger partial charge in [0.2, 0.25) is 5.72 Å². The third-order valence-corrected chi connectivity index (χ3v) is 5.94. The van der Waals surface area contributed by atoms with Gasteiger partial charge < -0.3 is 14.2 Å². The molecule has 0 radical (unpaired) electrons. The van der Waals surface area contributed by atoms with Gasteiger partial charge in [0.05, 0.1) is 0 Å². The molecule has 0 spiro atoms. The number of piperidine rings is 1. The topological polar surface area (TPSA) is 65.1 Å². The van der Waals surface area contributed by atoms with Crippen LogP contribution in [0, 0.1) is 6.92 Å². The zero-order valence-electron chi connectivity index (χ0n) is 17.8. The zero-order chi connectivity index (χ0) is 21.8. The number of aryl methyl sites for hydroxylation is 1. The Morgan fingerprint density at radius 2 is 1.71 bits per heavy atom. The van der Waals surface area contributed by atoms with Gasteiger partial charge in [-0.2, -0.15) is 0 Å². The molecule has 2 aromatic carbocycles. The lowest BCUT2D eigenvalue weighted by Crippen LogP contribution is -2.65. The summed E-state index contributed by atoms with van der Waals surface area (Å²) in [7, 11) is 1.87. The monoisotopic (exact) mass is 421 g/mol. The summed E-state index contributed by atoms with van der Waals surface area (Å²) >= 11 is 0. The van der Waals surface area contributed by atoms with Gasteiger partial charge in [-0.15, -0.1) is 0 Å². The van der Waals surface area contributed by atoms with Crippen LogP contribution in [0.3, 0.4) is 0 Å². The quantitative estimate of drug-likeness (QED) is 0.688. The average Bonchev–Trinajstić information content (AvgIpc) is 2.76. The van der Waals surface area contributed by atoms with Crippen LogP contribution in [0.25, 0.3) is 0 Å². The summed E-state index contributed by atoms with van der Waals surface area (Å²) in [6.07, 6.45) is 2.68. The smallest absolute Gasteiger partial charge is 0.333 e. The fourth-order valence-electron chi connectivity index (χ4n) is 4.18. The summed E-state index contributed by atoms with van der Waals surface area (Å²) in [5.41, 5.74) is 1.96. The molecule has 0 saturated carbocycles. The van der Waals surface area contributed by atoms with Gasteiger partial charge in [0.25, 0.3) is 0 Å². The van der Waals surface area contributed by atoms with Crippen molar-refractivity contribution in [1.82, 2.24) is 4.90 Å². The molecule has 0 N–H and O–H groups in total. The van der Waals surface area contributed by atoms with Gasteiger partial charge in [-0.1, -0.05) is 60.2 Å². The first-order valence-corrected chi connectivity index (χ1v) is 10.5. The number of likely N-dealkylation sites (tertiary alicyclic amines) is 1. The molecule has 3 atom stereocenters. The maximum atomic E-state index is 12.4. The van der Waals surface area contributed by atoms with Crippen molar-refractivity contribution in [3.63, 3.8) is 0 Å². The first kappa shape index (κ1) is 21.3. The summed E-state index contributed by atoms with van der Waals surface area (Å²) in [6.45, 7) is 2.81. The van der Waals surface area contributed by atoms with E-state index in [1.54, 1.807) is 0 Å². The van der Waals surface area contributed by atoms with Crippen LogP contribution in [0.1, 0.15) is 35.6 Å². The molecule has 2 aliphatic heterocycles. The van der Waals surface area contributed by atoms with E-state index in [9.17, 15) is 9.59 Å². The van der Waals surface area contributed by atoms with E-state index in [0.29, 0.717) is 13.0 Å². The molecule has 6 heteroatoms. The number of ether oxygens (including phenoxy) is 3. The average molecular weight is 421 g/mol. The van der Waals surface area contributed by atoms with Crippen LogP contribution >= 0.6 is 0 Å². The first-order valence-electron chi connectivity index (χ1n) is 10.5. The highest BCUT2D eigenvalue weighted by molar-refractivity contribution is 5.92. The van der Waals surface area contributed by atoms with Crippen molar-refractivity contribution in [3.8, 4) is 0 Å². The minimum Gasteiger partial charge on any atom is -0.453 e. The van der Waals surface area contributed by atoms with Gasteiger partial charge >= 0.3 is 11.9 Å². The molecule has 2 heterocycles. The van der Waals surface area contributed by atoms with Gasteiger partial charge in [0.1, 0.15) is 12.7 Å². The number of likely N-dealkylation sites (N-methyl/N-ethyl adjacent to an activating group) is 1. The zero-order valence-corrected chi connectivity index (χ0v) is 17.8. The number of nitrogens with zero attached hydrogens (tertiary/aromatic N) is 1. The van der Waals surface area contributed by atoms with E-state index in [-0.39, 0.29) is 12.7 Å². The van der Waals surface area contributed by atoms with E-state index in [2.05, 4.69) is 0 Å². The Kier molecular flexibility index (Phi) is 6.20. The molecule has 3 unspecified atom stereocenters. The fraction of sp³-hybridized carbons (Fsp3) is 0.360. The number of hydrogen-bond donors (Lipinski definition) is 0. The Hall–Kier alpha value is -2.96. The maximum absolute atomic E-state index is 12.4. The third kappa shape index (κ3) is 4.55. The highest BCUT2D eigenvalue weighted by atomic mass is 16.6. The molecule has 0 amide bonds. The largest absolute Gasteiger partial charge is 0.453 e. The molecule has 0 aliphatic carbocycles. The highest BCUT2D eigenvalue weighted by Gasteiger charge is 2.52. The van der Waals surface area contributed by atoms with E-state index >= 15 is 0 Å². The van der Waals surface area contributed by atoms with Gasteiger partial charge in [-0.25, -0.2) is 9.59 Å². The first-order chi connectivity index (χ1) is 15.0. The van der Waals surface area contributed by atoms with Crippen molar-refractivity contribution in [1.29, 1.82) is 0 Å². The number of esters is 2. The summed E-state index contributed by atoms with van der Waals surface area (Å²) < 4.78 is 18.0. The van der Waals surface area contributed by atoms with Gasteiger partial charge in [-0.3, -0.25) is 4.90 Å². The van der Waals surface area contributed by atoms with E-state index in [0.717, 1.165) is 35.3 Å². The van der Waals surface area contributed by atoms with E-state index in [1.807, 2.05) is 73.5 Å². The normalized spacial score (nSPS) is 26.1. The van der Waals surface area contributed by atoms with E-state index in [4.69, 9.17) is 14.2 Å². The molecule has 31 heavy (non-hydrogen) atoms. The summed E-state index contributed by atoms with van der Waals surface area (Å²) in [6, 6.07) is 18.1. The molecule has 1 saturated heterocycles. The second-order valence-corrected chi connectivity index (χ2v) is 8.10. The molecule has 162 valence electrons. The number of fused-ring (bicyclic) bond motifs is 1. The van der Waals surface area contributed by atoms with Crippen LogP contribution in [-0.4, -0.2) is 48.9 Å². The van der Waals surface area contributed by atoms with Crippen LogP contribution in [0.15, 0.2) is 66.7 Å². The number of rotatable bonds is 5. The molecule has 0 bridgehead atoms. The lowest BCUT2D eigenvalue weighted by molar-refractivity contribution is -0.248. The summed E-state index contributed by atoms with van der Waals surface area (Å²) in [5, 5.41) is 0. The van der Waals surface area contributed by atoms with Crippen molar-refractivity contribution in [2.45, 2.75) is 37.7 Å². The Balaban J connectivity index is 1.67. The van der Waals surface area contributed by atoms with Crippen molar-refractivity contribution in [2.24, 2.45) is 0 Å². The Morgan fingerprint density at radius 3 is 2.45 bits per heavy atom. The SMILES string of the molecule is Cc1ccc(C(OCC23OC(=O)/C=C\C(=O)OC2CCCN3C)c2ccccc2)cc1. The lowest BCUT2D eigenvalue weighted by atomic mass is 9.94. The Morgan fingerprint density at radius 1 is 1.03 bits per heavy atom. The molecule has 1 fully saturated rings. The molecule has 4 rings (SSSR count). The second-order valence-electron chi connectivity index (χ2n) is 8.10. The van der Waals surface area contributed by atoms with Crippen LogP contribution < -0.4 is 0 Å². The minimum absolute atomic E-state index is 0.0640. The Labute approximate surface area is 182 Å². The molecule has 2 aromatic rings. The molecule has 2 aliphatic rings.